The van der Waals surface area contributed by atoms with Gasteiger partial charge in [0, 0.05) is 30.9 Å². The molecule has 1 fully saturated rings. The molecule has 2 amide bonds. The van der Waals surface area contributed by atoms with Crippen molar-refractivity contribution in [3.05, 3.63) is 71.1 Å². The van der Waals surface area contributed by atoms with Gasteiger partial charge < -0.3 is 16.4 Å². The Kier molecular flexibility index (Phi) is 7.60. The third kappa shape index (κ3) is 6.33. The monoisotopic (exact) mass is 527 g/mol. The number of hydrogen-bond donors (Lipinski definition) is 3. The molecule has 4 rings (SSSR count). The molecule has 3 aromatic rings. The SMILES string of the molecule is C/C(NC(=O)Nc1cccc(C)c1)=C(F)\C=C(/C)c1cc(CN2CCS(=O)(=O)CC2)n2ncnc(N)c12. The lowest BCUT2D eigenvalue weighted by Gasteiger charge is -2.26. The molecule has 37 heavy (non-hydrogen) atoms. The number of fused-ring (bicyclic) bond motifs is 1. The number of urea groups is 1. The van der Waals surface area contributed by atoms with Gasteiger partial charge in [0.25, 0.3) is 0 Å². The summed E-state index contributed by atoms with van der Waals surface area (Å²) in [7, 11) is -3.00. The number of aryl methyl sites for hydroxylation is 1. The zero-order valence-corrected chi connectivity index (χ0v) is 21.8. The first-order valence-corrected chi connectivity index (χ1v) is 13.6. The van der Waals surface area contributed by atoms with Gasteiger partial charge in [-0.25, -0.2) is 27.1 Å². The van der Waals surface area contributed by atoms with E-state index in [0.29, 0.717) is 42.0 Å². The molecule has 0 spiro atoms. The van der Waals surface area contributed by atoms with Gasteiger partial charge in [0.15, 0.2) is 15.7 Å². The van der Waals surface area contributed by atoms with E-state index in [9.17, 15) is 13.2 Å². The summed E-state index contributed by atoms with van der Waals surface area (Å²) < 4.78 is 40.3. The van der Waals surface area contributed by atoms with Crippen molar-refractivity contribution >= 4 is 38.5 Å². The first-order chi connectivity index (χ1) is 17.5. The van der Waals surface area contributed by atoms with Gasteiger partial charge in [-0.05, 0) is 56.2 Å². The zero-order chi connectivity index (χ0) is 26.7. The van der Waals surface area contributed by atoms with Crippen LogP contribution in [0.15, 0.2) is 54.3 Å². The smallest absolute Gasteiger partial charge is 0.323 e. The molecule has 0 aliphatic carbocycles. The number of aromatic nitrogens is 3. The summed E-state index contributed by atoms with van der Waals surface area (Å²) in [4.78, 5) is 18.4. The fourth-order valence-electron chi connectivity index (χ4n) is 4.17. The number of allylic oxidation sites excluding steroid dienone is 4. The van der Waals surface area contributed by atoms with Crippen molar-refractivity contribution in [1.82, 2.24) is 24.8 Å². The number of anilines is 2. The van der Waals surface area contributed by atoms with Crippen LogP contribution in [0.5, 0.6) is 0 Å². The minimum absolute atomic E-state index is 0.0481. The van der Waals surface area contributed by atoms with E-state index in [1.54, 1.807) is 17.5 Å². The van der Waals surface area contributed by atoms with Crippen molar-refractivity contribution in [3.8, 4) is 0 Å². The maximum atomic E-state index is 15.1. The fraction of sp³-hybridized carbons (Fsp3) is 0.320. The Hall–Kier alpha value is -3.77. The van der Waals surface area contributed by atoms with Crippen LogP contribution < -0.4 is 16.4 Å². The highest BCUT2D eigenvalue weighted by molar-refractivity contribution is 7.91. The molecule has 1 aromatic carbocycles. The number of carbonyl (C=O) groups is 1. The number of nitrogens with one attached hydrogen (secondary N) is 2. The van der Waals surface area contributed by atoms with Crippen molar-refractivity contribution in [2.24, 2.45) is 0 Å². The number of carbonyl (C=O) groups excluding carboxylic acids is 1. The van der Waals surface area contributed by atoms with E-state index in [2.05, 4.69) is 20.7 Å². The molecule has 0 bridgehead atoms. The molecule has 1 aliphatic rings. The Morgan fingerprint density at radius 1 is 1.22 bits per heavy atom. The van der Waals surface area contributed by atoms with Crippen LogP contribution in [0.2, 0.25) is 0 Å². The van der Waals surface area contributed by atoms with Crippen molar-refractivity contribution in [3.63, 3.8) is 0 Å². The zero-order valence-electron chi connectivity index (χ0n) is 21.0. The second-order valence-corrected chi connectivity index (χ2v) is 11.4. The topological polar surface area (TPSA) is 135 Å². The van der Waals surface area contributed by atoms with Gasteiger partial charge in [-0.1, -0.05) is 12.1 Å². The van der Waals surface area contributed by atoms with Gasteiger partial charge in [-0.15, -0.1) is 0 Å². The first kappa shape index (κ1) is 26.3. The Labute approximate surface area is 215 Å². The van der Waals surface area contributed by atoms with E-state index in [-0.39, 0.29) is 23.0 Å². The lowest BCUT2D eigenvalue weighted by molar-refractivity contribution is 0.254. The van der Waals surface area contributed by atoms with Crippen molar-refractivity contribution in [1.29, 1.82) is 0 Å². The van der Waals surface area contributed by atoms with Gasteiger partial charge in [0.05, 0.1) is 22.9 Å². The minimum atomic E-state index is -3.00. The molecular formula is C25H30FN7O3S. The van der Waals surface area contributed by atoms with Crippen LogP contribution in [0.3, 0.4) is 0 Å². The number of rotatable bonds is 6. The van der Waals surface area contributed by atoms with E-state index in [1.807, 2.05) is 36.1 Å². The predicted octanol–water partition coefficient (Wildman–Crippen LogP) is 3.28. The molecule has 0 saturated carbocycles. The minimum Gasteiger partial charge on any atom is -0.382 e. The van der Waals surface area contributed by atoms with E-state index in [0.717, 1.165) is 11.3 Å². The van der Waals surface area contributed by atoms with Crippen LogP contribution in [0.1, 0.15) is 30.7 Å². The molecule has 0 unspecified atom stereocenters. The molecular weight excluding hydrogens is 497 g/mol. The lowest BCUT2D eigenvalue weighted by Crippen LogP contribution is -2.39. The summed E-state index contributed by atoms with van der Waals surface area (Å²) in [6, 6.07) is 8.59. The Balaban J connectivity index is 1.56. The quantitative estimate of drug-likeness (QED) is 0.419. The van der Waals surface area contributed by atoms with Crippen molar-refractivity contribution in [2.45, 2.75) is 27.3 Å². The number of sulfone groups is 1. The number of halogens is 1. The average molecular weight is 528 g/mol. The van der Waals surface area contributed by atoms with Crippen LogP contribution in [-0.4, -0.2) is 58.5 Å². The second-order valence-electron chi connectivity index (χ2n) is 9.13. The molecule has 196 valence electrons. The van der Waals surface area contributed by atoms with Crippen molar-refractivity contribution in [2.75, 3.05) is 35.6 Å². The highest BCUT2D eigenvalue weighted by Crippen LogP contribution is 2.29. The van der Waals surface area contributed by atoms with Gasteiger partial charge >= 0.3 is 6.03 Å². The van der Waals surface area contributed by atoms with Crippen molar-refractivity contribution < 1.29 is 17.6 Å². The van der Waals surface area contributed by atoms with Gasteiger partial charge in [-0.3, -0.25) is 4.90 Å². The van der Waals surface area contributed by atoms with Crippen LogP contribution in [-0.2, 0) is 16.4 Å². The standard InChI is InChI=1S/C25H30FN7O3S/c1-16-5-4-6-19(11-16)31-25(34)30-18(3)22(26)12-17(2)21-13-20(33-23(21)24(27)28-15-29-33)14-32-7-9-37(35,36)10-8-32/h4-6,11-13,15H,7-10,14H2,1-3H3,(H2,27,28,29)(H2,30,31,34)/b17-12+,22-18-. The predicted molar refractivity (Wildman–Crippen MR) is 142 cm³/mol. The number of nitrogen functional groups attached to an aromatic ring is 1. The highest BCUT2D eigenvalue weighted by atomic mass is 32.2. The average Bonchev–Trinajstić information content (AvgIpc) is 3.20. The van der Waals surface area contributed by atoms with Crippen LogP contribution >= 0.6 is 0 Å². The molecule has 1 saturated heterocycles. The molecule has 12 heteroatoms. The van der Waals surface area contributed by atoms with E-state index in [4.69, 9.17) is 5.73 Å². The molecule has 0 radical (unpaired) electrons. The number of nitrogens with two attached hydrogens (primary N) is 1. The number of amides is 2. The van der Waals surface area contributed by atoms with Gasteiger partial charge in [0.2, 0.25) is 0 Å². The first-order valence-electron chi connectivity index (χ1n) is 11.8. The van der Waals surface area contributed by atoms with Gasteiger partial charge in [-0.2, -0.15) is 5.10 Å². The summed E-state index contributed by atoms with van der Waals surface area (Å²) in [5, 5.41) is 9.52. The molecule has 2 aromatic heterocycles. The normalized spacial score (nSPS) is 16.9. The lowest BCUT2D eigenvalue weighted by atomic mass is 10.1. The van der Waals surface area contributed by atoms with Crippen LogP contribution in [0.4, 0.5) is 20.7 Å². The summed E-state index contributed by atoms with van der Waals surface area (Å²) >= 11 is 0. The fourth-order valence-corrected chi connectivity index (χ4v) is 5.45. The molecule has 1 aliphatic heterocycles. The van der Waals surface area contributed by atoms with E-state index in [1.165, 1.54) is 19.3 Å². The van der Waals surface area contributed by atoms with Crippen LogP contribution in [0.25, 0.3) is 11.1 Å². The Bertz CT molecular complexity index is 1500. The van der Waals surface area contributed by atoms with Crippen LogP contribution in [0, 0.1) is 6.92 Å². The number of nitrogens with zero attached hydrogens (tertiary/aromatic N) is 4. The summed E-state index contributed by atoms with van der Waals surface area (Å²) in [5.41, 5.74) is 10.3. The third-order valence-corrected chi connectivity index (χ3v) is 7.79. The maximum absolute atomic E-state index is 15.1. The second kappa shape index (κ2) is 10.7. The summed E-state index contributed by atoms with van der Waals surface area (Å²) in [5.74, 6) is -0.158. The number of hydrogen-bond acceptors (Lipinski definition) is 7. The van der Waals surface area contributed by atoms with Gasteiger partial charge in [0.1, 0.15) is 17.7 Å². The van der Waals surface area contributed by atoms with E-state index < -0.39 is 21.7 Å². The molecule has 4 N–H and O–H groups in total. The highest BCUT2D eigenvalue weighted by Gasteiger charge is 2.24. The molecule has 10 nitrogen and oxygen atoms in total. The Morgan fingerprint density at radius 3 is 2.65 bits per heavy atom. The third-order valence-electron chi connectivity index (χ3n) is 6.18. The van der Waals surface area contributed by atoms with E-state index >= 15 is 4.39 Å². The summed E-state index contributed by atoms with van der Waals surface area (Å²) in [6.07, 6.45) is 2.66. The molecule has 3 heterocycles. The largest absolute Gasteiger partial charge is 0.382 e. The number of benzene rings is 1. The Morgan fingerprint density at radius 2 is 1.95 bits per heavy atom. The maximum Gasteiger partial charge on any atom is 0.323 e. The summed E-state index contributed by atoms with van der Waals surface area (Å²) in [6.45, 7) is 6.42. The molecule has 0 atom stereocenters.